The summed E-state index contributed by atoms with van der Waals surface area (Å²) in [6, 6.07) is 6.04. The zero-order valence-electron chi connectivity index (χ0n) is 11.8. The van der Waals surface area contributed by atoms with Gasteiger partial charge in [0.1, 0.15) is 0 Å². The predicted molar refractivity (Wildman–Crippen MR) is 75.4 cm³/mol. The molecule has 4 heteroatoms. The Morgan fingerprint density at radius 2 is 1.94 bits per heavy atom. The van der Waals surface area contributed by atoms with Gasteiger partial charge in [0.05, 0.1) is 0 Å². The van der Waals surface area contributed by atoms with Crippen LogP contribution in [0, 0.1) is 5.82 Å². The van der Waals surface area contributed by atoms with Crippen molar-refractivity contribution in [2.75, 3.05) is 13.4 Å². The van der Waals surface area contributed by atoms with Gasteiger partial charge < -0.3 is 9.47 Å². The summed E-state index contributed by atoms with van der Waals surface area (Å²) in [5.41, 5.74) is 1.06. The zero-order valence-corrected chi connectivity index (χ0v) is 12.8. The van der Waals surface area contributed by atoms with Crippen molar-refractivity contribution in [3.63, 3.8) is 0 Å². The summed E-state index contributed by atoms with van der Waals surface area (Å²) in [5, 5.41) is 0. The van der Waals surface area contributed by atoms with E-state index in [-0.39, 0.29) is 18.4 Å². The maximum Gasteiger partial charge on any atom is 0.189 e. The number of hydrogen-bond acceptors (Lipinski definition) is 2. The van der Waals surface area contributed by atoms with E-state index in [9.17, 15) is 4.39 Å². The second kappa shape index (κ2) is 6.90. The molecule has 1 aromatic rings. The summed E-state index contributed by atoms with van der Waals surface area (Å²) in [6.07, 6.45) is 0.868. The molecule has 0 aliphatic carbocycles. The third-order valence-corrected chi connectivity index (χ3v) is 4.40. The van der Waals surface area contributed by atoms with E-state index in [0.717, 1.165) is 18.0 Å². The van der Waals surface area contributed by atoms with Crippen molar-refractivity contribution in [2.24, 2.45) is 0 Å². The van der Waals surface area contributed by atoms with E-state index in [4.69, 9.17) is 9.47 Å². The highest BCUT2D eigenvalue weighted by atomic mass is 28.3. The molecule has 0 aliphatic heterocycles. The van der Waals surface area contributed by atoms with Crippen LogP contribution < -0.4 is 4.74 Å². The molecule has 18 heavy (non-hydrogen) atoms. The average Bonchev–Trinajstić information content (AvgIpc) is 2.29. The normalized spacial score (nSPS) is 11.6. The number of aryl methyl sites for hydroxylation is 1. The molecule has 0 saturated carbocycles. The summed E-state index contributed by atoms with van der Waals surface area (Å²) < 4.78 is 24.1. The Labute approximate surface area is 110 Å². The molecule has 0 aromatic heterocycles. The van der Waals surface area contributed by atoms with Gasteiger partial charge in [-0.3, -0.25) is 0 Å². The molecule has 0 spiro atoms. The molecule has 2 nitrogen and oxygen atoms in total. The first-order chi connectivity index (χ1) is 8.42. The van der Waals surface area contributed by atoms with Crippen LogP contribution in [0.25, 0.3) is 0 Å². The van der Waals surface area contributed by atoms with E-state index < -0.39 is 8.07 Å². The highest BCUT2D eigenvalue weighted by Gasteiger charge is 2.12. The minimum absolute atomic E-state index is 0.120. The topological polar surface area (TPSA) is 18.5 Å². The average molecular weight is 270 g/mol. The van der Waals surface area contributed by atoms with E-state index in [1.165, 1.54) is 6.07 Å². The second-order valence-corrected chi connectivity index (χ2v) is 11.2. The van der Waals surface area contributed by atoms with Crippen LogP contribution in [0.15, 0.2) is 18.2 Å². The van der Waals surface area contributed by atoms with Gasteiger partial charge in [0.2, 0.25) is 0 Å². The van der Waals surface area contributed by atoms with Gasteiger partial charge in [-0.1, -0.05) is 32.6 Å². The summed E-state index contributed by atoms with van der Waals surface area (Å²) in [6.45, 7) is 9.71. The molecule has 0 heterocycles. The smallest absolute Gasteiger partial charge is 0.189 e. The highest BCUT2D eigenvalue weighted by molar-refractivity contribution is 6.76. The monoisotopic (exact) mass is 270 g/mol. The molecule has 0 unspecified atom stereocenters. The van der Waals surface area contributed by atoms with Gasteiger partial charge >= 0.3 is 0 Å². The van der Waals surface area contributed by atoms with Crippen LogP contribution in [0.4, 0.5) is 4.39 Å². The van der Waals surface area contributed by atoms with E-state index >= 15 is 0 Å². The second-order valence-electron chi connectivity index (χ2n) is 5.60. The van der Waals surface area contributed by atoms with Crippen LogP contribution >= 0.6 is 0 Å². The van der Waals surface area contributed by atoms with E-state index in [2.05, 4.69) is 19.6 Å². The van der Waals surface area contributed by atoms with E-state index in [1.54, 1.807) is 12.1 Å². The molecule has 0 N–H and O–H groups in total. The van der Waals surface area contributed by atoms with Crippen LogP contribution in [-0.2, 0) is 11.2 Å². The molecule has 1 rings (SSSR count). The van der Waals surface area contributed by atoms with Crippen molar-refractivity contribution in [1.82, 2.24) is 0 Å². The Balaban J connectivity index is 2.35. The molecule has 0 amide bonds. The molecule has 0 saturated heterocycles. The number of rotatable bonds is 7. The SMILES string of the molecule is CCc1ccc(F)c(OCOCC[Si](C)(C)C)c1. The first-order valence-corrected chi connectivity index (χ1v) is 10.1. The maximum atomic E-state index is 13.4. The van der Waals surface area contributed by atoms with Crippen LogP contribution in [-0.4, -0.2) is 21.5 Å². The van der Waals surface area contributed by atoms with E-state index in [1.807, 2.05) is 6.92 Å². The quantitative estimate of drug-likeness (QED) is 0.422. The van der Waals surface area contributed by atoms with Crippen LogP contribution in [0.2, 0.25) is 25.7 Å². The molecule has 0 atom stereocenters. The van der Waals surface area contributed by atoms with Gasteiger partial charge in [-0.15, -0.1) is 0 Å². The fraction of sp³-hybridized carbons (Fsp3) is 0.571. The van der Waals surface area contributed by atoms with Crippen molar-refractivity contribution >= 4 is 8.07 Å². The van der Waals surface area contributed by atoms with Crippen molar-refractivity contribution in [3.8, 4) is 5.75 Å². The molecule has 102 valence electrons. The van der Waals surface area contributed by atoms with Crippen molar-refractivity contribution in [1.29, 1.82) is 0 Å². The Morgan fingerprint density at radius 3 is 2.56 bits per heavy atom. The largest absolute Gasteiger partial charge is 0.464 e. The van der Waals surface area contributed by atoms with Gasteiger partial charge in [-0.2, -0.15) is 0 Å². The molecule has 1 aromatic carbocycles. The lowest BCUT2D eigenvalue weighted by molar-refractivity contribution is 0.0197. The first-order valence-electron chi connectivity index (χ1n) is 6.41. The predicted octanol–water partition coefficient (Wildman–Crippen LogP) is 4.08. The lowest BCUT2D eigenvalue weighted by Crippen LogP contribution is -2.22. The summed E-state index contributed by atoms with van der Waals surface area (Å²) >= 11 is 0. The summed E-state index contributed by atoms with van der Waals surface area (Å²) in [4.78, 5) is 0. The third-order valence-electron chi connectivity index (χ3n) is 2.70. The summed E-state index contributed by atoms with van der Waals surface area (Å²) in [7, 11) is -1.07. The minimum Gasteiger partial charge on any atom is -0.464 e. The molecular formula is C14H23FO2Si. The molecule has 0 aliphatic rings. The lowest BCUT2D eigenvalue weighted by Gasteiger charge is -2.15. The number of ether oxygens (including phenoxy) is 2. The summed E-state index contributed by atoms with van der Waals surface area (Å²) in [5.74, 6) is -0.0525. The Kier molecular flexibility index (Phi) is 5.82. The number of benzene rings is 1. The molecule has 0 fully saturated rings. The third kappa shape index (κ3) is 5.64. The van der Waals surface area contributed by atoms with Crippen LogP contribution in [0.1, 0.15) is 12.5 Å². The van der Waals surface area contributed by atoms with Gasteiger partial charge in [0.25, 0.3) is 0 Å². The molecule has 0 bridgehead atoms. The van der Waals surface area contributed by atoms with Crippen molar-refractivity contribution in [2.45, 2.75) is 39.0 Å². The number of halogens is 1. The first kappa shape index (κ1) is 15.2. The lowest BCUT2D eigenvalue weighted by atomic mass is 10.1. The maximum absolute atomic E-state index is 13.4. The zero-order chi connectivity index (χ0) is 13.6. The van der Waals surface area contributed by atoms with Crippen LogP contribution in [0.5, 0.6) is 5.75 Å². The van der Waals surface area contributed by atoms with Crippen LogP contribution in [0.3, 0.4) is 0 Å². The Hall–Kier alpha value is -0.873. The minimum atomic E-state index is -1.07. The van der Waals surface area contributed by atoms with E-state index in [0.29, 0.717) is 6.61 Å². The molecule has 0 radical (unpaired) electrons. The van der Waals surface area contributed by atoms with Gasteiger partial charge in [0.15, 0.2) is 18.4 Å². The number of hydrogen-bond donors (Lipinski definition) is 0. The van der Waals surface area contributed by atoms with Gasteiger partial charge in [-0.25, -0.2) is 4.39 Å². The standard InChI is InChI=1S/C14H23FO2Si/c1-5-12-6-7-13(15)14(10-12)17-11-16-8-9-18(2,3)4/h6-7,10H,5,8-9,11H2,1-4H3. The van der Waals surface area contributed by atoms with Gasteiger partial charge in [-0.05, 0) is 30.2 Å². The highest BCUT2D eigenvalue weighted by Crippen LogP contribution is 2.19. The van der Waals surface area contributed by atoms with Gasteiger partial charge in [0, 0.05) is 14.7 Å². The fourth-order valence-electron chi connectivity index (χ4n) is 1.42. The fourth-order valence-corrected chi connectivity index (χ4v) is 2.18. The van der Waals surface area contributed by atoms with Crippen molar-refractivity contribution in [3.05, 3.63) is 29.6 Å². The Bertz CT molecular complexity index is 375. The Morgan fingerprint density at radius 1 is 1.22 bits per heavy atom. The van der Waals surface area contributed by atoms with Crippen molar-refractivity contribution < 1.29 is 13.9 Å². The molecular weight excluding hydrogens is 247 g/mol.